The van der Waals surface area contributed by atoms with E-state index in [1.807, 2.05) is 31.2 Å². The Hall–Kier alpha value is -1.30. The molecule has 2 aliphatic heterocycles. The molecule has 0 amide bonds. The van der Waals surface area contributed by atoms with Crippen LogP contribution in [-0.4, -0.2) is 75.0 Å². The molecule has 5 heteroatoms. The Bertz CT molecular complexity index is 483. The summed E-state index contributed by atoms with van der Waals surface area (Å²) >= 11 is 0. The van der Waals surface area contributed by atoms with Crippen LogP contribution in [0.15, 0.2) is 24.3 Å². The highest BCUT2D eigenvalue weighted by Gasteiger charge is 2.22. The smallest absolute Gasteiger partial charge is 0.123 e. The van der Waals surface area contributed by atoms with E-state index in [-0.39, 0.29) is 0 Å². The van der Waals surface area contributed by atoms with E-state index in [0.29, 0.717) is 12.7 Å². The molecule has 2 fully saturated rings. The van der Waals surface area contributed by atoms with E-state index < -0.39 is 0 Å². The molecule has 0 bridgehead atoms. The highest BCUT2D eigenvalue weighted by molar-refractivity contribution is 5.32. The number of ether oxygens (including phenoxy) is 3. The molecule has 0 spiro atoms. The minimum atomic E-state index is 0.470. The van der Waals surface area contributed by atoms with Crippen LogP contribution in [0.4, 0.5) is 0 Å². The van der Waals surface area contributed by atoms with Gasteiger partial charge in [0.2, 0.25) is 0 Å². The monoisotopic (exact) mass is 334 g/mol. The molecule has 1 atom stereocenters. The van der Waals surface area contributed by atoms with Gasteiger partial charge in [-0.2, -0.15) is 0 Å². The summed E-state index contributed by atoms with van der Waals surface area (Å²) in [5.74, 6) is 1.76. The predicted molar refractivity (Wildman–Crippen MR) is 95.0 cm³/mol. The van der Waals surface area contributed by atoms with Crippen LogP contribution in [0.1, 0.15) is 19.8 Å². The lowest BCUT2D eigenvalue weighted by molar-refractivity contribution is 0.0478. The Balaban J connectivity index is 1.32. The molecule has 134 valence electrons. The Morgan fingerprint density at radius 2 is 1.83 bits per heavy atom. The van der Waals surface area contributed by atoms with Gasteiger partial charge in [-0.1, -0.05) is 6.07 Å². The third-order valence-corrected chi connectivity index (χ3v) is 4.74. The number of hydrogen-bond donors (Lipinski definition) is 0. The third kappa shape index (κ3) is 5.36. The lowest BCUT2D eigenvalue weighted by Crippen LogP contribution is -2.49. The maximum Gasteiger partial charge on any atom is 0.123 e. The predicted octanol–water partition coefficient (Wildman–Crippen LogP) is 2.26. The van der Waals surface area contributed by atoms with Gasteiger partial charge in [0.15, 0.2) is 0 Å². The van der Waals surface area contributed by atoms with Gasteiger partial charge in [-0.15, -0.1) is 0 Å². The van der Waals surface area contributed by atoms with E-state index in [9.17, 15) is 0 Å². The Morgan fingerprint density at radius 1 is 1.08 bits per heavy atom. The fourth-order valence-electron chi connectivity index (χ4n) is 3.38. The van der Waals surface area contributed by atoms with E-state index >= 15 is 0 Å². The number of rotatable bonds is 8. The van der Waals surface area contributed by atoms with Crippen LogP contribution >= 0.6 is 0 Å². The summed E-state index contributed by atoms with van der Waals surface area (Å²) in [7, 11) is 0. The molecule has 0 unspecified atom stereocenters. The SMILES string of the molecule is CCOc1cccc(OCCN2CCN(C[C@H]3CCCO3)CC2)c1. The largest absolute Gasteiger partial charge is 0.494 e. The van der Waals surface area contributed by atoms with Gasteiger partial charge in [-0.3, -0.25) is 9.80 Å². The highest BCUT2D eigenvalue weighted by atomic mass is 16.5. The van der Waals surface area contributed by atoms with E-state index in [1.165, 1.54) is 12.8 Å². The van der Waals surface area contributed by atoms with Crippen molar-refractivity contribution in [1.82, 2.24) is 9.80 Å². The molecule has 3 rings (SSSR count). The van der Waals surface area contributed by atoms with Gasteiger partial charge in [0.1, 0.15) is 18.1 Å². The fourth-order valence-corrected chi connectivity index (χ4v) is 3.38. The van der Waals surface area contributed by atoms with Gasteiger partial charge in [-0.05, 0) is 31.9 Å². The van der Waals surface area contributed by atoms with Crippen molar-refractivity contribution in [2.45, 2.75) is 25.9 Å². The maximum absolute atomic E-state index is 5.87. The van der Waals surface area contributed by atoms with Crippen molar-refractivity contribution >= 4 is 0 Å². The van der Waals surface area contributed by atoms with Crippen molar-refractivity contribution in [2.24, 2.45) is 0 Å². The fraction of sp³-hybridized carbons (Fsp3) is 0.684. The normalized spacial score (nSPS) is 22.6. The van der Waals surface area contributed by atoms with Crippen LogP contribution < -0.4 is 9.47 Å². The molecule has 0 aliphatic carbocycles. The lowest BCUT2D eigenvalue weighted by atomic mass is 10.2. The summed E-state index contributed by atoms with van der Waals surface area (Å²) in [5, 5.41) is 0. The first-order valence-corrected chi connectivity index (χ1v) is 9.25. The van der Waals surface area contributed by atoms with Gasteiger partial charge in [0.25, 0.3) is 0 Å². The third-order valence-electron chi connectivity index (χ3n) is 4.74. The average Bonchev–Trinajstić information content (AvgIpc) is 3.10. The summed E-state index contributed by atoms with van der Waals surface area (Å²) in [4.78, 5) is 5.03. The summed E-state index contributed by atoms with van der Waals surface area (Å²) in [6.45, 7) is 10.9. The maximum atomic E-state index is 5.87. The van der Waals surface area contributed by atoms with Crippen LogP contribution in [0.5, 0.6) is 11.5 Å². The molecular formula is C19H30N2O3. The zero-order valence-corrected chi connectivity index (χ0v) is 14.8. The van der Waals surface area contributed by atoms with Crippen molar-refractivity contribution in [1.29, 1.82) is 0 Å². The molecule has 2 saturated heterocycles. The second-order valence-corrected chi connectivity index (χ2v) is 6.53. The second-order valence-electron chi connectivity index (χ2n) is 6.53. The van der Waals surface area contributed by atoms with E-state index in [0.717, 1.165) is 64.0 Å². The molecule has 1 aromatic rings. The van der Waals surface area contributed by atoms with Crippen LogP contribution in [-0.2, 0) is 4.74 Å². The molecular weight excluding hydrogens is 304 g/mol. The number of piperazine rings is 1. The topological polar surface area (TPSA) is 34.2 Å². The molecule has 0 N–H and O–H groups in total. The molecule has 0 aromatic heterocycles. The van der Waals surface area contributed by atoms with Crippen molar-refractivity contribution in [3.05, 3.63) is 24.3 Å². The Morgan fingerprint density at radius 3 is 2.54 bits per heavy atom. The van der Waals surface area contributed by atoms with Gasteiger partial charge < -0.3 is 14.2 Å². The Labute approximate surface area is 145 Å². The number of benzene rings is 1. The summed E-state index contributed by atoms with van der Waals surface area (Å²) in [6, 6.07) is 7.89. The zero-order chi connectivity index (χ0) is 16.6. The second kappa shape index (κ2) is 9.25. The van der Waals surface area contributed by atoms with Gasteiger partial charge in [0.05, 0.1) is 12.7 Å². The molecule has 1 aromatic carbocycles. The standard InChI is InChI=1S/C19H30N2O3/c1-2-22-17-5-3-6-18(15-17)24-14-12-20-8-10-21(11-9-20)16-19-7-4-13-23-19/h3,5-6,15,19H,2,4,7-14,16H2,1H3/t19-/m1/s1. The lowest BCUT2D eigenvalue weighted by Gasteiger charge is -2.35. The molecule has 24 heavy (non-hydrogen) atoms. The summed E-state index contributed by atoms with van der Waals surface area (Å²) < 4.78 is 17.1. The van der Waals surface area contributed by atoms with Gasteiger partial charge in [0, 0.05) is 51.9 Å². The number of nitrogens with zero attached hydrogens (tertiary/aromatic N) is 2. The summed E-state index contributed by atoms with van der Waals surface area (Å²) in [5.41, 5.74) is 0. The zero-order valence-electron chi connectivity index (χ0n) is 14.8. The van der Waals surface area contributed by atoms with E-state index in [1.54, 1.807) is 0 Å². The summed E-state index contributed by atoms with van der Waals surface area (Å²) in [6.07, 6.45) is 2.93. The first kappa shape index (κ1) is 17.5. The molecule has 2 heterocycles. The van der Waals surface area contributed by atoms with E-state index in [2.05, 4.69) is 9.80 Å². The van der Waals surface area contributed by atoms with E-state index in [4.69, 9.17) is 14.2 Å². The minimum Gasteiger partial charge on any atom is -0.494 e. The first-order chi connectivity index (χ1) is 11.8. The molecule has 0 saturated carbocycles. The first-order valence-electron chi connectivity index (χ1n) is 9.25. The molecule has 2 aliphatic rings. The van der Waals surface area contributed by atoms with Crippen molar-refractivity contribution in [2.75, 3.05) is 59.1 Å². The minimum absolute atomic E-state index is 0.470. The van der Waals surface area contributed by atoms with Gasteiger partial charge >= 0.3 is 0 Å². The molecule has 0 radical (unpaired) electrons. The van der Waals surface area contributed by atoms with Crippen LogP contribution in [0.25, 0.3) is 0 Å². The highest BCUT2D eigenvalue weighted by Crippen LogP contribution is 2.19. The van der Waals surface area contributed by atoms with Crippen molar-refractivity contribution in [3.63, 3.8) is 0 Å². The van der Waals surface area contributed by atoms with Crippen LogP contribution in [0.2, 0.25) is 0 Å². The Kier molecular flexibility index (Phi) is 6.75. The molecule has 5 nitrogen and oxygen atoms in total. The quantitative estimate of drug-likeness (QED) is 0.728. The van der Waals surface area contributed by atoms with Gasteiger partial charge in [-0.25, -0.2) is 0 Å². The van der Waals surface area contributed by atoms with Crippen molar-refractivity contribution in [3.8, 4) is 11.5 Å². The average molecular weight is 334 g/mol. The van der Waals surface area contributed by atoms with Crippen LogP contribution in [0.3, 0.4) is 0 Å². The number of hydrogen-bond acceptors (Lipinski definition) is 5. The van der Waals surface area contributed by atoms with Crippen molar-refractivity contribution < 1.29 is 14.2 Å². The van der Waals surface area contributed by atoms with Crippen LogP contribution in [0, 0.1) is 0 Å².